The molecule has 42 valence electrons. The fourth-order valence-corrected chi connectivity index (χ4v) is 1.29. The van der Waals surface area contributed by atoms with Crippen LogP contribution in [0.25, 0.3) is 0 Å². The van der Waals surface area contributed by atoms with Gasteiger partial charge in [0.05, 0.1) is 0 Å². The molecule has 0 aromatic heterocycles. The predicted molar refractivity (Wildman–Crippen MR) is 32.2 cm³/mol. The van der Waals surface area contributed by atoms with E-state index in [0.29, 0.717) is 0 Å². The van der Waals surface area contributed by atoms with E-state index in [-0.39, 0.29) is 6.40 Å². The van der Waals surface area contributed by atoms with Gasteiger partial charge in [0.1, 0.15) is 0 Å². The third-order valence-electron chi connectivity index (χ3n) is 1.87. The van der Waals surface area contributed by atoms with Crippen molar-refractivity contribution >= 4 is 0 Å². The summed E-state index contributed by atoms with van der Waals surface area (Å²) in [5.41, 5.74) is 0. The highest BCUT2D eigenvalue weighted by atomic mass is 14.2. The fraction of sp³-hybridized carbons (Fsp3) is 1.00. The molecule has 1 aliphatic rings. The van der Waals surface area contributed by atoms with Crippen LogP contribution in [0.2, 0.25) is 0 Å². The molecule has 0 heterocycles. The van der Waals surface area contributed by atoms with Gasteiger partial charge in [-0.15, -0.1) is 0 Å². The minimum atomic E-state index is 0.192. The SMILES string of the molecule is [2H]C(C)C1CCCC1. The molecule has 0 aromatic rings. The van der Waals surface area contributed by atoms with Crippen molar-refractivity contribution in [1.82, 2.24) is 0 Å². The molecule has 0 spiro atoms. The first kappa shape index (κ1) is 3.94. The van der Waals surface area contributed by atoms with Crippen molar-refractivity contribution in [1.29, 1.82) is 0 Å². The minimum Gasteiger partial charge on any atom is -0.0651 e. The Labute approximate surface area is 47.3 Å². The Bertz CT molecular complexity index is 62.8. The summed E-state index contributed by atoms with van der Waals surface area (Å²) in [4.78, 5) is 0. The van der Waals surface area contributed by atoms with E-state index in [1.807, 2.05) is 6.92 Å². The lowest BCUT2D eigenvalue weighted by Crippen LogP contribution is -1.86. The molecule has 0 saturated heterocycles. The zero-order chi connectivity index (χ0) is 5.98. The highest BCUT2D eigenvalue weighted by Crippen LogP contribution is 2.26. The predicted octanol–water partition coefficient (Wildman–Crippen LogP) is 2.59. The van der Waals surface area contributed by atoms with Crippen LogP contribution in [0.5, 0.6) is 0 Å². The van der Waals surface area contributed by atoms with Crippen LogP contribution < -0.4 is 0 Å². The van der Waals surface area contributed by atoms with Gasteiger partial charge in [0.25, 0.3) is 0 Å². The largest absolute Gasteiger partial charge is 0.0651 e. The summed E-state index contributed by atoms with van der Waals surface area (Å²) in [6, 6.07) is 0. The molecule has 0 radical (unpaired) electrons. The Hall–Kier alpha value is 0. The maximum Gasteiger partial charge on any atom is 0.0267 e. The van der Waals surface area contributed by atoms with Gasteiger partial charge in [-0.05, 0) is 5.92 Å². The van der Waals surface area contributed by atoms with Gasteiger partial charge >= 0.3 is 0 Å². The standard InChI is InChI=1S/C7H14/c1-2-7-5-3-4-6-7/h7H,2-6H2,1H3/i2D. The van der Waals surface area contributed by atoms with Gasteiger partial charge in [-0.3, -0.25) is 0 Å². The molecule has 0 amide bonds. The van der Waals surface area contributed by atoms with E-state index in [1.165, 1.54) is 25.7 Å². The average Bonchev–Trinajstić information content (AvgIpc) is 2.12. The fourth-order valence-electron chi connectivity index (χ4n) is 1.29. The molecular formula is C7H14. The molecular weight excluding hydrogens is 84.1 g/mol. The van der Waals surface area contributed by atoms with Crippen LogP contribution in [0, 0.1) is 5.92 Å². The molecule has 7 heavy (non-hydrogen) atoms. The second-order valence-electron chi connectivity index (χ2n) is 2.38. The highest BCUT2D eigenvalue weighted by Gasteiger charge is 2.11. The monoisotopic (exact) mass is 99.1 g/mol. The first-order chi connectivity index (χ1) is 3.80. The Balaban J connectivity index is 2.24. The maximum atomic E-state index is 7.37. The molecule has 0 nitrogen and oxygen atoms in total. The van der Waals surface area contributed by atoms with Gasteiger partial charge in [0.15, 0.2) is 0 Å². The lowest BCUT2D eigenvalue weighted by atomic mass is 10.1. The third-order valence-corrected chi connectivity index (χ3v) is 1.87. The van der Waals surface area contributed by atoms with Crippen molar-refractivity contribution in [3.8, 4) is 0 Å². The average molecular weight is 99.2 g/mol. The smallest absolute Gasteiger partial charge is 0.0267 e. The molecule has 1 rings (SSSR count). The van der Waals surface area contributed by atoms with Gasteiger partial charge in [0, 0.05) is 1.37 Å². The summed E-state index contributed by atoms with van der Waals surface area (Å²) in [5, 5.41) is 0. The van der Waals surface area contributed by atoms with Crippen LogP contribution in [0.15, 0.2) is 0 Å². The lowest BCUT2D eigenvalue weighted by molar-refractivity contribution is 0.531. The zero-order valence-electron chi connectivity index (χ0n) is 5.98. The zero-order valence-corrected chi connectivity index (χ0v) is 4.98. The molecule has 1 aliphatic carbocycles. The number of hydrogen-bond donors (Lipinski definition) is 0. The molecule has 1 atom stereocenters. The van der Waals surface area contributed by atoms with Crippen LogP contribution in [0.4, 0.5) is 0 Å². The Kier molecular flexibility index (Phi) is 1.32. The molecule has 1 unspecified atom stereocenters. The van der Waals surface area contributed by atoms with E-state index in [4.69, 9.17) is 1.37 Å². The summed E-state index contributed by atoms with van der Waals surface area (Å²) in [5.74, 6) is 0.731. The lowest BCUT2D eigenvalue weighted by Gasteiger charge is -1.99. The van der Waals surface area contributed by atoms with Crippen LogP contribution in [-0.2, 0) is 0 Å². The summed E-state index contributed by atoms with van der Waals surface area (Å²) in [7, 11) is 0. The minimum absolute atomic E-state index is 0.192. The van der Waals surface area contributed by atoms with E-state index in [2.05, 4.69) is 0 Å². The van der Waals surface area contributed by atoms with Crippen molar-refractivity contribution in [2.45, 2.75) is 39.0 Å². The van der Waals surface area contributed by atoms with Crippen molar-refractivity contribution in [3.63, 3.8) is 0 Å². The maximum absolute atomic E-state index is 7.37. The molecule has 0 bridgehead atoms. The van der Waals surface area contributed by atoms with Gasteiger partial charge in [-0.2, -0.15) is 0 Å². The topological polar surface area (TPSA) is 0 Å². The van der Waals surface area contributed by atoms with E-state index in [1.54, 1.807) is 0 Å². The molecule has 0 aromatic carbocycles. The van der Waals surface area contributed by atoms with Crippen LogP contribution in [0.3, 0.4) is 0 Å². The van der Waals surface area contributed by atoms with Gasteiger partial charge in [-0.1, -0.05) is 39.0 Å². The summed E-state index contributed by atoms with van der Waals surface area (Å²) < 4.78 is 7.37. The molecule has 1 fully saturated rings. The van der Waals surface area contributed by atoms with Gasteiger partial charge < -0.3 is 0 Å². The second kappa shape index (κ2) is 2.34. The van der Waals surface area contributed by atoms with E-state index in [0.717, 1.165) is 5.92 Å². The second-order valence-corrected chi connectivity index (χ2v) is 2.38. The van der Waals surface area contributed by atoms with Crippen LogP contribution in [-0.4, -0.2) is 0 Å². The van der Waals surface area contributed by atoms with E-state index >= 15 is 0 Å². The molecule has 0 heteroatoms. The molecule has 0 N–H and O–H groups in total. The van der Waals surface area contributed by atoms with Crippen molar-refractivity contribution in [3.05, 3.63) is 0 Å². The van der Waals surface area contributed by atoms with Gasteiger partial charge in [0.2, 0.25) is 0 Å². The first-order valence-corrected chi connectivity index (χ1v) is 3.23. The Morgan fingerprint density at radius 3 is 2.43 bits per heavy atom. The van der Waals surface area contributed by atoms with Crippen molar-refractivity contribution in [2.24, 2.45) is 5.92 Å². The quantitative estimate of drug-likeness (QED) is 0.474. The van der Waals surface area contributed by atoms with Crippen LogP contribution in [0.1, 0.15) is 40.4 Å². The van der Waals surface area contributed by atoms with E-state index < -0.39 is 0 Å². The molecule has 1 saturated carbocycles. The third kappa shape index (κ3) is 1.19. The molecule has 0 aliphatic heterocycles. The van der Waals surface area contributed by atoms with Crippen LogP contribution >= 0.6 is 0 Å². The van der Waals surface area contributed by atoms with E-state index in [9.17, 15) is 0 Å². The normalized spacial score (nSPS) is 30.1. The first-order valence-electron chi connectivity index (χ1n) is 3.80. The Morgan fingerprint density at radius 1 is 1.57 bits per heavy atom. The van der Waals surface area contributed by atoms with Crippen molar-refractivity contribution in [2.75, 3.05) is 0 Å². The number of rotatable bonds is 1. The summed E-state index contributed by atoms with van der Waals surface area (Å²) >= 11 is 0. The van der Waals surface area contributed by atoms with Crippen molar-refractivity contribution < 1.29 is 1.37 Å². The summed E-state index contributed by atoms with van der Waals surface area (Å²) in [6.07, 6.45) is 5.55. The number of hydrogen-bond acceptors (Lipinski definition) is 0. The summed E-state index contributed by atoms with van der Waals surface area (Å²) in [6.45, 7) is 2.01. The highest BCUT2D eigenvalue weighted by molar-refractivity contribution is 4.64. The Morgan fingerprint density at radius 2 is 2.14 bits per heavy atom. The van der Waals surface area contributed by atoms with Gasteiger partial charge in [-0.25, -0.2) is 0 Å².